The number of nitrogens with one attached hydrogen (secondary N) is 3. The zero-order valence-corrected chi connectivity index (χ0v) is 50.7. The number of carbonyl (C=O) groups is 8. The molecule has 1 aliphatic carbocycles. The number of piperazine rings is 1. The van der Waals surface area contributed by atoms with E-state index in [1.807, 2.05) is 60.3 Å². The Morgan fingerprint density at radius 1 is 0.750 bits per heavy atom. The van der Waals surface area contributed by atoms with Gasteiger partial charge in [0, 0.05) is 97.9 Å². The molecule has 4 saturated heterocycles. The van der Waals surface area contributed by atoms with Gasteiger partial charge in [-0.1, -0.05) is 30.2 Å². The number of piperidine rings is 3. The fourth-order valence-corrected chi connectivity index (χ4v) is 14.5. The number of rotatable bonds is 12. The Kier molecular flexibility index (Phi) is 15.2. The van der Waals surface area contributed by atoms with Crippen molar-refractivity contribution in [2.45, 2.75) is 128 Å². The molecule has 8 heterocycles. The molecular formula is C66H70ClFN12O8. The molecule has 88 heavy (non-hydrogen) atoms. The predicted octanol–water partition coefficient (Wildman–Crippen LogP) is 8.56. The molecule has 3 N–H and O–H groups in total. The lowest BCUT2D eigenvalue weighted by molar-refractivity contribution is -0.136. The number of imidazole rings is 1. The van der Waals surface area contributed by atoms with Crippen LogP contribution in [0.1, 0.15) is 154 Å². The second-order valence-corrected chi connectivity index (χ2v) is 25.6. The van der Waals surface area contributed by atoms with Crippen LogP contribution in [-0.2, 0) is 19.8 Å². The minimum atomic E-state index is -1.07. The highest BCUT2D eigenvalue weighted by molar-refractivity contribution is 6.34. The third-order valence-electron chi connectivity index (χ3n) is 19.1. The number of anilines is 4. The number of amides is 8. The Hall–Kier alpha value is -8.56. The highest BCUT2D eigenvalue weighted by Crippen LogP contribution is 2.52. The molecule has 1 saturated carbocycles. The topological polar surface area (TPSA) is 223 Å². The Labute approximate surface area is 513 Å². The molecule has 7 aliphatic rings. The number of aryl methyl sites for hydroxylation is 1. The van der Waals surface area contributed by atoms with Gasteiger partial charge in [0.05, 0.1) is 50.4 Å². The number of likely N-dealkylation sites (tertiary alicyclic amines) is 2. The third kappa shape index (κ3) is 10.2. The van der Waals surface area contributed by atoms with Crippen LogP contribution in [0.3, 0.4) is 0 Å². The molecule has 13 rings (SSSR count). The zero-order chi connectivity index (χ0) is 61.6. The Morgan fingerprint density at radius 2 is 1.48 bits per heavy atom. The van der Waals surface area contributed by atoms with Gasteiger partial charge in [0.1, 0.15) is 17.4 Å². The van der Waals surface area contributed by atoms with Crippen LogP contribution >= 0.6 is 11.6 Å². The lowest BCUT2D eigenvalue weighted by Gasteiger charge is -2.48. The Bertz CT molecular complexity index is 3930. The van der Waals surface area contributed by atoms with Crippen molar-refractivity contribution < 1.29 is 42.7 Å². The maximum Gasteiger partial charge on any atom is 0.262 e. The second kappa shape index (κ2) is 22.9. The van der Waals surface area contributed by atoms with Crippen molar-refractivity contribution in [3.8, 4) is 11.3 Å². The first-order valence-electron chi connectivity index (χ1n) is 30.7. The molecule has 8 amide bonds. The van der Waals surface area contributed by atoms with Crippen LogP contribution in [0.5, 0.6) is 0 Å². The largest absolute Gasteiger partial charge is 0.368 e. The molecule has 1 unspecified atom stereocenters. The van der Waals surface area contributed by atoms with E-state index in [-0.39, 0.29) is 95.1 Å². The fraction of sp³-hybridized carbons (Fsp3) is 0.424. The SMILES string of the molecule is Cc1cc(F)c(Nc2nc(-c3ccc4c(c3)N([C@H]3C[C@@H](N5CCCCC5)C3)C(=O)C43CCN(C(=O)c4ccc(C(=O)N5CCN(c6ccc7c(c6)C(=O)N(C6CCC(=O)NC6=O)C7=O)CC5)cc4Cl)CC3)cc3ncn(C(C)C)c23)cc1C(=O)NC(C)C. The summed E-state index contributed by atoms with van der Waals surface area (Å²) < 4.78 is 17.9. The van der Waals surface area contributed by atoms with Crippen LogP contribution in [0.15, 0.2) is 79.1 Å². The number of benzene rings is 4. The summed E-state index contributed by atoms with van der Waals surface area (Å²) in [5, 5.41) is 8.53. The lowest BCUT2D eigenvalue weighted by Crippen LogP contribution is -2.58. The van der Waals surface area contributed by atoms with E-state index in [9.17, 15) is 33.6 Å². The van der Waals surface area contributed by atoms with Crippen molar-refractivity contribution in [3.05, 3.63) is 129 Å². The van der Waals surface area contributed by atoms with Gasteiger partial charge in [-0.05, 0) is 164 Å². The van der Waals surface area contributed by atoms with Crippen LogP contribution in [0, 0.1) is 12.7 Å². The van der Waals surface area contributed by atoms with E-state index in [1.54, 1.807) is 53.4 Å². The highest BCUT2D eigenvalue weighted by Gasteiger charge is 2.56. The highest BCUT2D eigenvalue weighted by atomic mass is 35.5. The molecule has 1 spiro atoms. The van der Waals surface area contributed by atoms with E-state index in [4.69, 9.17) is 21.6 Å². The molecule has 6 aliphatic heterocycles. The van der Waals surface area contributed by atoms with E-state index in [0.717, 1.165) is 47.6 Å². The molecule has 20 nitrogen and oxygen atoms in total. The minimum absolute atomic E-state index is 0.0142. The van der Waals surface area contributed by atoms with Crippen molar-refractivity contribution in [2.24, 2.45) is 0 Å². The Morgan fingerprint density at radius 3 is 2.18 bits per heavy atom. The first-order chi connectivity index (χ1) is 42.3. The lowest BCUT2D eigenvalue weighted by atomic mass is 9.73. The number of imide groups is 2. The summed E-state index contributed by atoms with van der Waals surface area (Å²) >= 11 is 6.91. The number of nitrogens with zero attached hydrogens (tertiary/aromatic N) is 9. The summed E-state index contributed by atoms with van der Waals surface area (Å²) in [6, 6.07) is 19.7. The average molecular weight is 1210 g/mol. The maximum atomic E-state index is 16.0. The Balaban J connectivity index is 0.717. The van der Waals surface area contributed by atoms with Gasteiger partial charge in [-0.3, -0.25) is 48.6 Å². The number of carbonyl (C=O) groups excluding carboxylic acids is 8. The summed E-state index contributed by atoms with van der Waals surface area (Å²) in [6.45, 7) is 13.7. The van der Waals surface area contributed by atoms with Gasteiger partial charge in [-0.2, -0.15) is 0 Å². The molecule has 0 radical (unpaired) electrons. The smallest absolute Gasteiger partial charge is 0.262 e. The van der Waals surface area contributed by atoms with Crippen molar-refractivity contribution >= 4 is 92.8 Å². The number of aromatic nitrogens is 3. The molecular weight excluding hydrogens is 1140 g/mol. The zero-order valence-electron chi connectivity index (χ0n) is 50.0. The van der Waals surface area contributed by atoms with Crippen molar-refractivity contribution in [1.82, 2.24) is 44.8 Å². The molecule has 4 aromatic carbocycles. The van der Waals surface area contributed by atoms with Crippen LogP contribution in [0.2, 0.25) is 5.02 Å². The van der Waals surface area contributed by atoms with Gasteiger partial charge in [0.25, 0.3) is 29.5 Å². The number of hydrogen-bond acceptors (Lipinski definition) is 13. The van der Waals surface area contributed by atoms with Crippen LogP contribution in [-0.4, -0.2) is 158 Å². The summed E-state index contributed by atoms with van der Waals surface area (Å²) in [7, 11) is 0. The molecule has 0 bridgehead atoms. The van der Waals surface area contributed by atoms with E-state index >= 15 is 9.18 Å². The summed E-state index contributed by atoms with van der Waals surface area (Å²) in [5.74, 6) is -3.31. The van der Waals surface area contributed by atoms with Gasteiger partial charge >= 0.3 is 0 Å². The third-order valence-corrected chi connectivity index (χ3v) is 19.4. The molecule has 456 valence electrons. The van der Waals surface area contributed by atoms with Gasteiger partial charge in [0.15, 0.2) is 5.82 Å². The standard InChI is InChI=1S/C66H70ClFN12O8/c1-36(2)70-59(82)46-33-52(50(68)27-38(46)5)72-58-57-53(69-35-78(57)37(3)4)34-51(71-58)39-10-14-48-55(29-39)79(43-30-42(31-43)74-19-7-6-8-20-74)65(88)66(48)17-21-76(22-18-66)62(85)45-12-9-40(28-49(45)67)61(84)77-25-23-75(24-26-77)41-11-13-44-47(32-41)64(87)80(63(44)86)54-15-16-56(81)73-60(54)83/h9-14,27-29,32-37,42-43,54H,6-8,15-26,30-31H2,1-5H3,(H,70,82)(H,71,72)(H,73,81,83)/t42-,43+,54?. The van der Waals surface area contributed by atoms with Crippen molar-refractivity contribution in [3.63, 3.8) is 0 Å². The number of fused-ring (bicyclic) bond motifs is 4. The summed E-state index contributed by atoms with van der Waals surface area (Å²) in [6.07, 6.45) is 7.87. The van der Waals surface area contributed by atoms with Gasteiger partial charge in [-0.25, -0.2) is 14.4 Å². The van der Waals surface area contributed by atoms with E-state index in [1.165, 1.54) is 37.5 Å². The number of pyridine rings is 1. The van der Waals surface area contributed by atoms with Crippen LogP contribution in [0.25, 0.3) is 22.3 Å². The summed E-state index contributed by atoms with van der Waals surface area (Å²) in [4.78, 5) is 129. The van der Waals surface area contributed by atoms with Gasteiger partial charge < -0.3 is 39.7 Å². The van der Waals surface area contributed by atoms with E-state index < -0.39 is 40.9 Å². The molecule has 2 aromatic heterocycles. The number of halogens is 2. The fourth-order valence-electron chi connectivity index (χ4n) is 14.2. The van der Waals surface area contributed by atoms with Gasteiger partial charge in [0.2, 0.25) is 17.7 Å². The second-order valence-electron chi connectivity index (χ2n) is 25.2. The maximum absolute atomic E-state index is 16.0. The van der Waals surface area contributed by atoms with Gasteiger partial charge in [-0.15, -0.1) is 0 Å². The van der Waals surface area contributed by atoms with E-state index in [2.05, 4.69) is 26.9 Å². The molecule has 1 atom stereocenters. The molecule has 5 fully saturated rings. The summed E-state index contributed by atoms with van der Waals surface area (Å²) in [5.41, 5.74) is 5.99. The van der Waals surface area contributed by atoms with Crippen molar-refractivity contribution in [1.29, 1.82) is 0 Å². The van der Waals surface area contributed by atoms with Crippen molar-refractivity contribution in [2.75, 3.05) is 67.5 Å². The predicted molar refractivity (Wildman–Crippen MR) is 330 cm³/mol. The quantitative estimate of drug-likeness (QED) is 0.0979. The van der Waals surface area contributed by atoms with E-state index in [0.29, 0.717) is 90.0 Å². The normalized spacial score (nSPS) is 21.2. The molecule has 6 aromatic rings. The first-order valence-corrected chi connectivity index (χ1v) is 31.1. The number of hydrogen-bond donors (Lipinski definition) is 3. The average Bonchev–Trinajstić information content (AvgIpc) is 1.61. The van der Waals surface area contributed by atoms with Crippen LogP contribution in [0.4, 0.5) is 27.3 Å². The monoisotopic (exact) mass is 1210 g/mol. The van der Waals surface area contributed by atoms with Crippen LogP contribution < -0.4 is 25.8 Å². The molecule has 22 heteroatoms. The minimum Gasteiger partial charge on any atom is -0.368 e. The first kappa shape index (κ1) is 58.5.